The second-order valence-electron chi connectivity index (χ2n) is 6.70. The van der Waals surface area contributed by atoms with Gasteiger partial charge in [0.05, 0.1) is 23.5 Å². The Morgan fingerprint density at radius 2 is 1.93 bits per heavy atom. The lowest BCUT2D eigenvalue weighted by Gasteiger charge is -2.27. The highest BCUT2D eigenvalue weighted by molar-refractivity contribution is 5.66. The van der Waals surface area contributed by atoms with Crippen LogP contribution in [0.2, 0.25) is 0 Å². The Balaban J connectivity index is 2.35. The first-order valence-electron chi connectivity index (χ1n) is 9.35. The summed E-state index contributed by atoms with van der Waals surface area (Å²) < 4.78 is 14.5. The molecule has 1 amide bonds. The minimum Gasteiger partial charge on any atom is -0.465 e. The van der Waals surface area contributed by atoms with Gasteiger partial charge in [0.1, 0.15) is 6.07 Å². The fourth-order valence-corrected chi connectivity index (χ4v) is 2.93. The summed E-state index contributed by atoms with van der Waals surface area (Å²) in [5, 5.41) is 26.8. The summed E-state index contributed by atoms with van der Waals surface area (Å²) >= 11 is 0. The number of nitriles is 1. The van der Waals surface area contributed by atoms with Crippen LogP contribution in [0.25, 0.3) is 0 Å². The highest BCUT2D eigenvalue weighted by Crippen LogP contribution is 2.25. The summed E-state index contributed by atoms with van der Waals surface area (Å²) in [6, 6.07) is 4.10. The highest BCUT2D eigenvalue weighted by atomic mass is 19.1. The number of rotatable bonds is 8. The normalized spacial score (nSPS) is 12.6. The van der Waals surface area contributed by atoms with Crippen LogP contribution < -0.4 is 16.0 Å². The quantitative estimate of drug-likeness (QED) is 0.526. The summed E-state index contributed by atoms with van der Waals surface area (Å²) in [5.41, 5.74) is 2.52. The van der Waals surface area contributed by atoms with E-state index in [9.17, 15) is 14.4 Å². The van der Waals surface area contributed by atoms with Crippen molar-refractivity contribution in [3.8, 4) is 6.07 Å². The van der Waals surface area contributed by atoms with E-state index < -0.39 is 18.0 Å². The number of nitrogens with zero attached hydrogens (tertiary/aromatic N) is 3. The van der Waals surface area contributed by atoms with Crippen molar-refractivity contribution in [3.05, 3.63) is 41.0 Å². The molecule has 29 heavy (non-hydrogen) atoms. The largest absolute Gasteiger partial charge is 0.465 e. The van der Waals surface area contributed by atoms with Gasteiger partial charge in [0, 0.05) is 11.7 Å². The van der Waals surface area contributed by atoms with Crippen LogP contribution in [0.15, 0.2) is 18.3 Å². The van der Waals surface area contributed by atoms with Gasteiger partial charge in [-0.05, 0) is 44.4 Å². The average molecular weight is 400 g/mol. The Kier molecular flexibility index (Phi) is 7.31. The number of aryl methyl sites for hydroxylation is 2. The van der Waals surface area contributed by atoms with Crippen LogP contribution >= 0.6 is 0 Å². The summed E-state index contributed by atoms with van der Waals surface area (Å²) in [6.45, 7) is 7.51. The first-order chi connectivity index (χ1) is 13.8. The van der Waals surface area contributed by atoms with Gasteiger partial charge in [0.25, 0.3) is 0 Å². The maximum atomic E-state index is 14.5. The van der Waals surface area contributed by atoms with Gasteiger partial charge in [-0.1, -0.05) is 13.8 Å². The molecule has 2 aromatic heterocycles. The van der Waals surface area contributed by atoms with Crippen molar-refractivity contribution in [1.82, 2.24) is 15.3 Å². The molecule has 0 aliphatic carbocycles. The lowest BCUT2D eigenvalue weighted by molar-refractivity contribution is 0.187. The molecule has 4 N–H and O–H groups in total. The topological polar surface area (TPSA) is 123 Å². The Bertz CT molecular complexity index is 928. The molecule has 2 heterocycles. The van der Waals surface area contributed by atoms with Crippen molar-refractivity contribution in [2.75, 3.05) is 10.6 Å². The van der Waals surface area contributed by atoms with Crippen LogP contribution in [0.5, 0.6) is 0 Å². The molecular weight excluding hydrogens is 375 g/mol. The van der Waals surface area contributed by atoms with E-state index in [1.165, 1.54) is 0 Å². The van der Waals surface area contributed by atoms with Gasteiger partial charge < -0.3 is 21.1 Å². The van der Waals surface area contributed by atoms with Gasteiger partial charge in [-0.15, -0.1) is 0 Å². The molecule has 0 aliphatic heterocycles. The lowest BCUT2D eigenvalue weighted by Crippen LogP contribution is -2.46. The molecule has 0 unspecified atom stereocenters. The van der Waals surface area contributed by atoms with Crippen LogP contribution in [0.4, 0.5) is 26.5 Å². The van der Waals surface area contributed by atoms with Gasteiger partial charge in [-0.3, -0.25) is 4.98 Å². The molecule has 9 heteroatoms. The number of hydrogen-bond acceptors (Lipinski definition) is 6. The molecule has 0 radical (unpaired) electrons. The van der Waals surface area contributed by atoms with E-state index in [2.05, 4.69) is 25.9 Å². The van der Waals surface area contributed by atoms with Crippen molar-refractivity contribution in [1.29, 1.82) is 5.26 Å². The standard InChI is InChI=1S/C20H25FN6O2/c1-5-16(17(6-2)26-20(28)29)25-19-15(21)8-13(9-22)18(27-19)24-14-7-11(3)12(4)23-10-14/h7-8,10,16-17,26H,5-6H2,1-4H3,(H,28,29)(H2,24,25,27)/t16-,17+/m1/s1. The van der Waals surface area contributed by atoms with Crippen LogP contribution in [0, 0.1) is 31.0 Å². The maximum Gasteiger partial charge on any atom is 0.404 e. The number of hydrogen-bond donors (Lipinski definition) is 4. The first-order valence-corrected chi connectivity index (χ1v) is 9.35. The molecule has 0 saturated heterocycles. The van der Waals surface area contributed by atoms with Gasteiger partial charge in [-0.2, -0.15) is 5.26 Å². The minimum atomic E-state index is -1.14. The van der Waals surface area contributed by atoms with E-state index in [-0.39, 0.29) is 23.2 Å². The molecule has 0 aromatic carbocycles. The van der Waals surface area contributed by atoms with Crippen LogP contribution in [0.1, 0.15) is 43.5 Å². The molecular formula is C20H25FN6O2. The highest BCUT2D eigenvalue weighted by Gasteiger charge is 2.22. The summed E-state index contributed by atoms with van der Waals surface area (Å²) in [6.07, 6.45) is 1.54. The molecule has 0 fully saturated rings. The van der Waals surface area contributed by atoms with E-state index >= 15 is 0 Å². The Labute approximate surface area is 169 Å². The number of nitrogens with one attached hydrogen (secondary N) is 3. The third-order valence-corrected chi connectivity index (χ3v) is 4.70. The molecule has 0 spiro atoms. The zero-order valence-electron chi connectivity index (χ0n) is 16.9. The molecule has 0 aliphatic rings. The van der Waals surface area contributed by atoms with Crippen molar-refractivity contribution in [2.45, 2.75) is 52.6 Å². The maximum absolute atomic E-state index is 14.5. The van der Waals surface area contributed by atoms with Crippen molar-refractivity contribution in [3.63, 3.8) is 0 Å². The van der Waals surface area contributed by atoms with Crippen LogP contribution in [-0.2, 0) is 0 Å². The molecule has 2 rings (SSSR count). The van der Waals surface area contributed by atoms with E-state index in [0.29, 0.717) is 18.5 Å². The van der Waals surface area contributed by atoms with E-state index in [1.807, 2.05) is 39.8 Å². The lowest BCUT2D eigenvalue weighted by atomic mass is 10.0. The Morgan fingerprint density at radius 3 is 2.48 bits per heavy atom. The van der Waals surface area contributed by atoms with Gasteiger partial charge in [0.2, 0.25) is 0 Å². The third kappa shape index (κ3) is 5.54. The van der Waals surface area contributed by atoms with E-state index in [1.54, 1.807) is 6.20 Å². The van der Waals surface area contributed by atoms with Crippen molar-refractivity contribution >= 4 is 23.4 Å². The number of carboxylic acid groups (broad SMARTS) is 1. The molecule has 154 valence electrons. The summed E-state index contributed by atoms with van der Waals surface area (Å²) in [5.74, 6) is -0.551. The van der Waals surface area contributed by atoms with Gasteiger partial charge >= 0.3 is 6.09 Å². The van der Waals surface area contributed by atoms with Crippen molar-refractivity contribution < 1.29 is 14.3 Å². The molecule has 8 nitrogen and oxygen atoms in total. The van der Waals surface area contributed by atoms with Crippen molar-refractivity contribution in [2.24, 2.45) is 0 Å². The molecule has 2 atom stereocenters. The monoisotopic (exact) mass is 400 g/mol. The number of anilines is 3. The second-order valence-corrected chi connectivity index (χ2v) is 6.70. The number of aromatic nitrogens is 2. The predicted octanol–water partition coefficient (Wildman–Crippen LogP) is 4.08. The fourth-order valence-electron chi connectivity index (χ4n) is 2.93. The summed E-state index contributed by atoms with van der Waals surface area (Å²) in [4.78, 5) is 19.5. The second kappa shape index (κ2) is 9.68. The third-order valence-electron chi connectivity index (χ3n) is 4.70. The van der Waals surface area contributed by atoms with Gasteiger partial charge in [0.15, 0.2) is 17.5 Å². The van der Waals surface area contributed by atoms with Crippen LogP contribution in [0.3, 0.4) is 0 Å². The Morgan fingerprint density at radius 1 is 1.24 bits per heavy atom. The molecule has 2 aromatic rings. The number of halogens is 1. The number of carbonyl (C=O) groups is 1. The Hall–Kier alpha value is -3.41. The molecule has 0 saturated carbocycles. The smallest absolute Gasteiger partial charge is 0.404 e. The molecule has 0 bridgehead atoms. The fraction of sp³-hybridized carbons (Fsp3) is 0.400. The average Bonchev–Trinajstić information content (AvgIpc) is 2.68. The van der Waals surface area contributed by atoms with E-state index in [4.69, 9.17) is 5.11 Å². The van der Waals surface area contributed by atoms with E-state index in [0.717, 1.165) is 17.3 Å². The first kappa shape index (κ1) is 21.9. The summed E-state index contributed by atoms with van der Waals surface area (Å²) in [7, 11) is 0. The predicted molar refractivity (Wildman–Crippen MR) is 109 cm³/mol. The number of pyridine rings is 2. The zero-order chi connectivity index (χ0) is 21.6. The SMILES string of the molecule is CC[C@H](NC(=O)O)[C@@H](CC)Nc1nc(Nc2cnc(C)c(C)c2)c(C#N)cc1F. The number of amides is 1. The van der Waals surface area contributed by atoms with Crippen LogP contribution in [-0.4, -0.2) is 33.3 Å². The zero-order valence-corrected chi connectivity index (χ0v) is 16.9. The van der Waals surface area contributed by atoms with Gasteiger partial charge in [-0.25, -0.2) is 14.2 Å². The minimum absolute atomic E-state index is 0.0510.